The summed E-state index contributed by atoms with van der Waals surface area (Å²) in [6.07, 6.45) is -8.52. The highest BCUT2D eigenvalue weighted by Crippen LogP contribution is 2.36. The van der Waals surface area contributed by atoms with Crippen LogP contribution < -0.4 is 18.4 Å². The van der Waals surface area contributed by atoms with Crippen molar-refractivity contribution in [2.75, 3.05) is 33.4 Å². The monoisotopic (exact) mass is 850 g/mol. The minimum atomic E-state index is -5.06. The number of esters is 4. The number of methoxy groups -OCH3 is 1. The fourth-order valence-corrected chi connectivity index (χ4v) is 6.03. The molecule has 0 radical (unpaired) electrons. The van der Waals surface area contributed by atoms with Crippen LogP contribution in [0.15, 0.2) is 47.6 Å². The lowest BCUT2D eigenvalue weighted by molar-refractivity contribution is -0.282. The van der Waals surface area contributed by atoms with Gasteiger partial charge in [0.2, 0.25) is 12.4 Å². The number of benzene rings is 2. The molecule has 322 valence electrons. The van der Waals surface area contributed by atoms with Crippen LogP contribution in [0.3, 0.4) is 0 Å². The van der Waals surface area contributed by atoms with Crippen LogP contribution in [0.25, 0.3) is 10.4 Å². The second-order valence-corrected chi connectivity index (χ2v) is 15.8. The van der Waals surface area contributed by atoms with Crippen molar-refractivity contribution in [3.63, 3.8) is 0 Å². The lowest BCUT2D eigenvalue weighted by Crippen LogP contribution is -2.64. The molecular weight excluding hydrogens is 804 g/mol. The van der Waals surface area contributed by atoms with Gasteiger partial charge < -0.3 is 46.8 Å². The van der Waals surface area contributed by atoms with E-state index in [1.807, 2.05) is 27.7 Å². The third kappa shape index (κ3) is 14.7. The van der Waals surface area contributed by atoms with Crippen LogP contribution in [0.4, 0.5) is 0 Å². The number of nitrogens with zero attached hydrogens (tertiary/aromatic N) is 3. The Kier molecular flexibility index (Phi) is 16.6. The standard InChI is InChI=1S/C37H46N4O17S/c1-21(43)52-29-30(53-22(2)44)32(54-23(3)45)35(56-31(29)34(47)50-8)55-27-14-11-25(15-28(27)58-59(48,49)57-26-12-9-24(16-42)10-13-26)33(46)39-17-36(4,5)19-51-20-37(6,7)18-40-41-38/h9-16,29-32,35H,17-20H2,1-8H3,(H,39,46)/t29-,30-,31-,32+,35+/m0/s1. The molecule has 0 unspecified atom stereocenters. The van der Waals surface area contributed by atoms with Gasteiger partial charge in [0.15, 0.2) is 29.8 Å². The third-order valence-corrected chi connectivity index (χ3v) is 8.75. The molecule has 0 aromatic heterocycles. The van der Waals surface area contributed by atoms with Crippen LogP contribution in [0.5, 0.6) is 17.2 Å². The molecule has 1 saturated heterocycles. The van der Waals surface area contributed by atoms with E-state index < -0.39 is 93.2 Å². The summed E-state index contributed by atoms with van der Waals surface area (Å²) in [6.45, 7) is 11.1. The molecule has 0 bridgehead atoms. The van der Waals surface area contributed by atoms with Gasteiger partial charge in [-0.2, -0.15) is 0 Å². The van der Waals surface area contributed by atoms with Gasteiger partial charge in [0.1, 0.15) is 12.0 Å². The van der Waals surface area contributed by atoms with Crippen molar-refractivity contribution < 1.29 is 78.7 Å². The van der Waals surface area contributed by atoms with Crippen molar-refractivity contribution in [2.24, 2.45) is 15.9 Å². The first-order valence-corrected chi connectivity index (χ1v) is 19.0. The summed E-state index contributed by atoms with van der Waals surface area (Å²) < 4.78 is 75.3. The number of hydrogen-bond donors (Lipinski definition) is 1. The van der Waals surface area contributed by atoms with E-state index in [1.165, 1.54) is 30.3 Å². The number of rotatable bonds is 20. The molecule has 21 nitrogen and oxygen atoms in total. The van der Waals surface area contributed by atoms with Crippen LogP contribution in [-0.2, 0) is 58.0 Å². The first kappa shape index (κ1) is 47.4. The Morgan fingerprint density at radius 2 is 1.44 bits per heavy atom. The molecule has 1 aliphatic heterocycles. The van der Waals surface area contributed by atoms with E-state index in [1.54, 1.807) is 0 Å². The van der Waals surface area contributed by atoms with Crippen LogP contribution in [0.2, 0.25) is 0 Å². The third-order valence-electron chi connectivity index (χ3n) is 7.97. The van der Waals surface area contributed by atoms with Gasteiger partial charge in [-0.15, -0.1) is 8.42 Å². The summed E-state index contributed by atoms with van der Waals surface area (Å²) >= 11 is 0. The lowest BCUT2D eigenvalue weighted by Gasteiger charge is -2.43. The lowest BCUT2D eigenvalue weighted by atomic mass is 9.93. The Balaban J connectivity index is 2.02. The summed E-state index contributed by atoms with van der Waals surface area (Å²) in [4.78, 5) is 76.9. The normalized spacial score (nSPS) is 19.2. The number of aldehydes is 1. The minimum absolute atomic E-state index is 0.0746. The molecule has 0 saturated carbocycles. The van der Waals surface area contributed by atoms with Crippen LogP contribution in [0.1, 0.15) is 69.2 Å². The zero-order valence-corrected chi connectivity index (χ0v) is 34.3. The molecule has 3 rings (SSSR count). The van der Waals surface area contributed by atoms with E-state index in [0.29, 0.717) is 6.29 Å². The second-order valence-electron chi connectivity index (χ2n) is 14.6. The van der Waals surface area contributed by atoms with E-state index in [0.717, 1.165) is 40.0 Å². The highest BCUT2D eigenvalue weighted by atomic mass is 32.3. The van der Waals surface area contributed by atoms with E-state index in [-0.39, 0.29) is 43.2 Å². The van der Waals surface area contributed by atoms with Gasteiger partial charge in [-0.05, 0) is 53.4 Å². The quantitative estimate of drug-likeness (QED) is 0.0499. The van der Waals surface area contributed by atoms with E-state index in [4.69, 9.17) is 47.1 Å². The molecule has 1 N–H and O–H groups in total. The molecule has 1 fully saturated rings. The molecule has 5 atom stereocenters. The van der Waals surface area contributed by atoms with Gasteiger partial charge in [0.25, 0.3) is 5.91 Å². The highest BCUT2D eigenvalue weighted by Gasteiger charge is 2.56. The van der Waals surface area contributed by atoms with E-state index in [2.05, 4.69) is 15.3 Å². The molecule has 1 amide bonds. The number of ether oxygens (including phenoxy) is 7. The van der Waals surface area contributed by atoms with E-state index in [9.17, 15) is 37.2 Å². The first-order valence-electron chi connectivity index (χ1n) is 17.7. The summed E-state index contributed by atoms with van der Waals surface area (Å²) in [7, 11) is -4.07. The fraction of sp³-hybridized carbons (Fsp3) is 0.514. The zero-order chi connectivity index (χ0) is 44.1. The topological polar surface area (TPSA) is 280 Å². The maximum absolute atomic E-state index is 13.5. The molecule has 2 aromatic carbocycles. The molecule has 59 heavy (non-hydrogen) atoms. The minimum Gasteiger partial charge on any atom is -0.467 e. The van der Waals surface area contributed by atoms with Crippen LogP contribution in [0, 0.1) is 10.8 Å². The predicted molar refractivity (Wildman–Crippen MR) is 201 cm³/mol. The van der Waals surface area contributed by atoms with Gasteiger partial charge in [-0.1, -0.05) is 32.8 Å². The molecule has 22 heteroatoms. The van der Waals surface area contributed by atoms with Crippen molar-refractivity contribution >= 4 is 46.5 Å². The van der Waals surface area contributed by atoms with Crippen molar-refractivity contribution in [1.82, 2.24) is 5.32 Å². The largest absolute Gasteiger partial charge is 0.501 e. The van der Waals surface area contributed by atoms with Gasteiger partial charge >= 0.3 is 34.3 Å². The predicted octanol–water partition coefficient (Wildman–Crippen LogP) is 3.38. The number of hydrogen-bond acceptors (Lipinski definition) is 18. The summed E-state index contributed by atoms with van der Waals surface area (Å²) in [5, 5.41) is 6.34. The average molecular weight is 851 g/mol. The van der Waals surface area contributed by atoms with E-state index >= 15 is 0 Å². The van der Waals surface area contributed by atoms with Gasteiger partial charge in [-0.3, -0.25) is 24.0 Å². The zero-order valence-electron chi connectivity index (χ0n) is 33.5. The summed E-state index contributed by atoms with van der Waals surface area (Å²) in [6, 6.07) is 8.22. The van der Waals surface area contributed by atoms with Crippen molar-refractivity contribution in [1.29, 1.82) is 0 Å². The molecule has 2 aromatic rings. The molecule has 1 aliphatic rings. The van der Waals surface area contributed by atoms with Gasteiger partial charge in [0.05, 0.1) is 20.3 Å². The number of azide groups is 1. The molecule has 0 spiro atoms. The number of amides is 1. The molecular formula is C37H46N4O17S. The van der Waals surface area contributed by atoms with Gasteiger partial charge in [0, 0.05) is 55.3 Å². The van der Waals surface area contributed by atoms with Crippen molar-refractivity contribution in [2.45, 2.75) is 79.2 Å². The Labute approximate surface area is 339 Å². The smallest absolute Gasteiger partial charge is 0.467 e. The van der Waals surface area contributed by atoms with Gasteiger partial charge in [-0.25, -0.2) is 4.79 Å². The van der Waals surface area contributed by atoms with Crippen molar-refractivity contribution in [3.05, 3.63) is 64.0 Å². The number of nitrogens with one attached hydrogen (secondary N) is 1. The van der Waals surface area contributed by atoms with Crippen molar-refractivity contribution in [3.8, 4) is 17.2 Å². The number of carbonyl (C=O) groups is 6. The average Bonchev–Trinajstić information content (AvgIpc) is 3.14. The molecule has 0 aliphatic carbocycles. The maximum Gasteiger partial charge on any atom is 0.501 e. The Bertz CT molecular complexity index is 2020. The summed E-state index contributed by atoms with van der Waals surface area (Å²) in [5.41, 5.74) is 7.64. The first-order chi connectivity index (χ1) is 27.6. The molecule has 1 heterocycles. The highest BCUT2D eigenvalue weighted by molar-refractivity contribution is 7.82. The number of carbonyl (C=O) groups excluding carboxylic acids is 6. The van der Waals surface area contributed by atoms with Crippen LogP contribution in [-0.4, -0.2) is 109 Å². The maximum atomic E-state index is 13.5. The Morgan fingerprint density at radius 3 is 2.02 bits per heavy atom. The SMILES string of the molecule is COC(=O)[C@H]1O[C@@H](Oc2ccc(C(=O)NCC(C)(C)COCC(C)(C)CN=[N+]=[N-])cc2OS(=O)(=O)Oc2ccc(C=O)cc2)[C@H](OC(C)=O)[C@@H](OC(C)=O)[C@@H]1OC(C)=O. The Morgan fingerprint density at radius 1 is 0.847 bits per heavy atom. The summed E-state index contributed by atoms with van der Waals surface area (Å²) in [5.74, 6) is -6.13. The second kappa shape index (κ2) is 20.6. The fourth-order valence-electron chi connectivity index (χ4n) is 5.30. The Hall–Kier alpha value is -5.96. The van der Waals surface area contributed by atoms with Crippen LogP contribution >= 0.6 is 0 Å².